The number of nitrogens with zero attached hydrogens (tertiary/aromatic N) is 1. The van der Waals surface area contributed by atoms with Crippen molar-refractivity contribution in [2.24, 2.45) is 0 Å². The van der Waals surface area contributed by atoms with Gasteiger partial charge in [-0.25, -0.2) is 8.42 Å². The number of hydrogen-bond donors (Lipinski definition) is 1. The van der Waals surface area contributed by atoms with Crippen molar-refractivity contribution in [3.05, 3.63) is 45.4 Å². The van der Waals surface area contributed by atoms with Crippen molar-refractivity contribution in [1.82, 2.24) is 5.16 Å². The lowest BCUT2D eigenvalue weighted by atomic mass is 10.2. The predicted molar refractivity (Wildman–Crippen MR) is 103 cm³/mol. The SMILES string of the molecule is COc1ccc(NS(=O)(=O)c2cc(-c3onc(C)c3C)sc2C)cc1Cl. The number of rotatable bonds is 5. The highest BCUT2D eigenvalue weighted by Gasteiger charge is 2.23. The van der Waals surface area contributed by atoms with Gasteiger partial charge in [0.2, 0.25) is 0 Å². The standard InChI is InChI=1S/C17H17ClN2O4S2/c1-9-10(2)19-24-17(9)15-8-16(11(3)25-15)26(21,22)20-12-5-6-14(23-4)13(18)7-12/h5-8,20H,1-4H3. The summed E-state index contributed by atoms with van der Waals surface area (Å²) in [5.41, 5.74) is 2.03. The molecule has 0 saturated carbocycles. The fourth-order valence-electron chi connectivity index (χ4n) is 2.43. The van der Waals surface area contributed by atoms with Gasteiger partial charge in [-0.3, -0.25) is 4.72 Å². The third-order valence-electron chi connectivity index (χ3n) is 3.95. The van der Waals surface area contributed by atoms with Gasteiger partial charge in [0.1, 0.15) is 10.6 Å². The number of anilines is 1. The average Bonchev–Trinajstić information content (AvgIpc) is 3.11. The molecule has 0 amide bonds. The number of nitrogens with one attached hydrogen (secondary N) is 1. The molecule has 0 aliphatic heterocycles. The summed E-state index contributed by atoms with van der Waals surface area (Å²) in [5, 5.41) is 4.25. The Hall–Kier alpha value is -2.03. The van der Waals surface area contributed by atoms with E-state index in [4.69, 9.17) is 20.9 Å². The van der Waals surface area contributed by atoms with Crippen LogP contribution in [0.1, 0.15) is 16.1 Å². The van der Waals surface area contributed by atoms with Gasteiger partial charge in [-0.1, -0.05) is 16.8 Å². The first-order chi connectivity index (χ1) is 12.2. The predicted octanol–water partition coefficient (Wildman–Crippen LogP) is 4.79. The number of methoxy groups -OCH3 is 1. The molecule has 0 atom stereocenters. The molecular weight excluding hydrogens is 396 g/mol. The molecular formula is C17H17ClN2O4S2. The number of aryl methyl sites for hydroxylation is 2. The summed E-state index contributed by atoms with van der Waals surface area (Å²) in [6.07, 6.45) is 0. The summed E-state index contributed by atoms with van der Waals surface area (Å²) >= 11 is 7.41. The first kappa shape index (κ1) is 18.8. The number of thiophene rings is 1. The number of aromatic nitrogens is 1. The Labute approximate surface area is 160 Å². The highest BCUT2D eigenvalue weighted by Crippen LogP contribution is 2.37. The first-order valence-corrected chi connectivity index (χ1v) is 10.3. The second-order valence-corrected chi connectivity index (χ2v) is 9.02. The van der Waals surface area contributed by atoms with E-state index < -0.39 is 10.0 Å². The van der Waals surface area contributed by atoms with E-state index >= 15 is 0 Å². The molecule has 0 fully saturated rings. The van der Waals surface area contributed by atoms with Crippen LogP contribution in [0.3, 0.4) is 0 Å². The Kier molecular flexibility index (Phi) is 5.01. The van der Waals surface area contributed by atoms with Crippen molar-refractivity contribution < 1.29 is 17.7 Å². The fourth-order valence-corrected chi connectivity index (χ4v) is 5.36. The van der Waals surface area contributed by atoms with Gasteiger partial charge in [0.15, 0.2) is 5.76 Å². The normalized spacial score (nSPS) is 11.6. The van der Waals surface area contributed by atoms with Crippen molar-refractivity contribution in [3.8, 4) is 16.4 Å². The van der Waals surface area contributed by atoms with Gasteiger partial charge in [-0.15, -0.1) is 11.3 Å². The number of sulfonamides is 1. The van der Waals surface area contributed by atoms with Gasteiger partial charge in [-0.05, 0) is 45.0 Å². The van der Waals surface area contributed by atoms with Gasteiger partial charge < -0.3 is 9.26 Å². The minimum Gasteiger partial charge on any atom is -0.495 e. The van der Waals surface area contributed by atoms with E-state index in [2.05, 4.69) is 9.88 Å². The summed E-state index contributed by atoms with van der Waals surface area (Å²) in [6, 6.07) is 6.30. The third-order valence-corrected chi connectivity index (χ3v) is 6.93. The topological polar surface area (TPSA) is 81.4 Å². The minimum atomic E-state index is -3.77. The second kappa shape index (κ2) is 6.94. The third kappa shape index (κ3) is 3.44. The molecule has 26 heavy (non-hydrogen) atoms. The summed E-state index contributed by atoms with van der Waals surface area (Å²) in [5.74, 6) is 1.06. The smallest absolute Gasteiger partial charge is 0.263 e. The molecule has 1 N–H and O–H groups in total. The van der Waals surface area contributed by atoms with Gasteiger partial charge in [0.05, 0.1) is 28.4 Å². The van der Waals surface area contributed by atoms with E-state index in [0.717, 1.165) is 11.3 Å². The first-order valence-electron chi connectivity index (χ1n) is 7.63. The quantitative estimate of drug-likeness (QED) is 0.651. The molecule has 0 aliphatic carbocycles. The van der Waals surface area contributed by atoms with Crippen LogP contribution < -0.4 is 9.46 Å². The van der Waals surface area contributed by atoms with Crippen LogP contribution in [0, 0.1) is 20.8 Å². The second-order valence-electron chi connectivity index (χ2n) is 5.71. The lowest BCUT2D eigenvalue weighted by Crippen LogP contribution is -2.13. The van der Waals surface area contributed by atoms with Crippen LogP contribution in [-0.2, 0) is 10.0 Å². The molecule has 0 unspecified atom stereocenters. The van der Waals surface area contributed by atoms with Crippen LogP contribution in [-0.4, -0.2) is 20.7 Å². The zero-order valence-corrected chi connectivity index (χ0v) is 17.0. The van der Waals surface area contributed by atoms with Crippen molar-refractivity contribution >= 4 is 38.6 Å². The van der Waals surface area contributed by atoms with E-state index in [1.165, 1.54) is 24.5 Å². The van der Waals surface area contributed by atoms with E-state index in [1.807, 2.05) is 13.8 Å². The van der Waals surface area contributed by atoms with E-state index in [0.29, 0.717) is 32.0 Å². The van der Waals surface area contributed by atoms with Gasteiger partial charge in [0, 0.05) is 10.4 Å². The Morgan fingerprint density at radius 2 is 1.96 bits per heavy atom. The lowest BCUT2D eigenvalue weighted by Gasteiger charge is -2.09. The van der Waals surface area contributed by atoms with Gasteiger partial charge >= 0.3 is 0 Å². The Morgan fingerprint density at radius 3 is 2.54 bits per heavy atom. The monoisotopic (exact) mass is 412 g/mol. The minimum absolute atomic E-state index is 0.192. The highest BCUT2D eigenvalue weighted by atomic mass is 35.5. The van der Waals surface area contributed by atoms with Crippen LogP contribution in [0.5, 0.6) is 5.75 Å². The van der Waals surface area contributed by atoms with Crippen LogP contribution in [0.15, 0.2) is 33.7 Å². The number of benzene rings is 1. The largest absolute Gasteiger partial charge is 0.495 e. The number of halogens is 1. The van der Waals surface area contributed by atoms with Crippen LogP contribution >= 0.6 is 22.9 Å². The van der Waals surface area contributed by atoms with Gasteiger partial charge in [-0.2, -0.15) is 0 Å². The molecule has 0 bridgehead atoms. The molecule has 2 heterocycles. The van der Waals surface area contributed by atoms with E-state index in [-0.39, 0.29) is 4.90 Å². The molecule has 0 aliphatic rings. The summed E-state index contributed by atoms with van der Waals surface area (Å²) in [7, 11) is -2.28. The van der Waals surface area contributed by atoms with Gasteiger partial charge in [0.25, 0.3) is 10.0 Å². The molecule has 3 aromatic rings. The summed E-state index contributed by atoms with van der Waals surface area (Å²) < 4.78 is 38.6. The molecule has 1 aromatic carbocycles. The maximum absolute atomic E-state index is 12.8. The molecule has 6 nitrogen and oxygen atoms in total. The van der Waals surface area contributed by atoms with Crippen LogP contribution in [0.2, 0.25) is 5.02 Å². The maximum atomic E-state index is 12.8. The molecule has 138 valence electrons. The van der Waals surface area contributed by atoms with Crippen molar-refractivity contribution in [2.45, 2.75) is 25.7 Å². The lowest BCUT2D eigenvalue weighted by molar-refractivity contribution is 0.415. The summed E-state index contributed by atoms with van der Waals surface area (Å²) in [6.45, 7) is 5.49. The highest BCUT2D eigenvalue weighted by molar-refractivity contribution is 7.93. The molecule has 2 aromatic heterocycles. The fraction of sp³-hybridized carbons (Fsp3) is 0.235. The zero-order valence-electron chi connectivity index (χ0n) is 14.6. The molecule has 0 spiro atoms. The number of hydrogen-bond acceptors (Lipinski definition) is 6. The molecule has 3 rings (SSSR count). The van der Waals surface area contributed by atoms with Crippen molar-refractivity contribution in [3.63, 3.8) is 0 Å². The van der Waals surface area contributed by atoms with E-state index in [1.54, 1.807) is 25.1 Å². The Balaban J connectivity index is 1.95. The number of ether oxygens (including phenoxy) is 1. The molecule has 0 saturated heterocycles. The van der Waals surface area contributed by atoms with E-state index in [9.17, 15) is 8.42 Å². The van der Waals surface area contributed by atoms with Crippen LogP contribution in [0.25, 0.3) is 10.6 Å². The van der Waals surface area contributed by atoms with Crippen LogP contribution in [0.4, 0.5) is 5.69 Å². The molecule has 9 heteroatoms. The average molecular weight is 413 g/mol. The maximum Gasteiger partial charge on any atom is 0.263 e. The van der Waals surface area contributed by atoms with Crippen molar-refractivity contribution in [1.29, 1.82) is 0 Å². The summed E-state index contributed by atoms with van der Waals surface area (Å²) in [4.78, 5) is 1.56. The Bertz CT molecular complexity index is 1070. The van der Waals surface area contributed by atoms with Crippen molar-refractivity contribution in [2.75, 3.05) is 11.8 Å². The Morgan fingerprint density at radius 1 is 1.23 bits per heavy atom. The zero-order chi connectivity index (χ0) is 19.1. The molecule has 0 radical (unpaired) electrons.